The van der Waals surface area contributed by atoms with Crippen molar-refractivity contribution in [3.63, 3.8) is 0 Å². The smallest absolute Gasteiger partial charge is 0.336 e. The summed E-state index contributed by atoms with van der Waals surface area (Å²) in [4.78, 5) is 23.8. The van der Waals surface area contributed by atoms with Crippen LogP contribution in [0.2, 0.25) is 5.02 Å². The van der Waals surface area contributed by atoms with E-state index in [0.717, 1.165) is 12.4 Å². The number of halogens is 4. The van der Waals surface area contributed by atoms with E-state index in [0.29, 0.717) is 35.7 Å². The van der Waals surface area contributed by atoms with E-state index in [9.17, 15) is 18.0 Å². The summed E-state index contributed by atoms with van der Waals surface area (Å²) in [6, 6.07) is 4.76. The molecule has 0 radical (unpaired) electrons. The lowest BCUT2D eigenvalue weighted by Gasteiger charge is -2.29. The third-order valence-electron chi connectivity index (χ3n) is 4.79. The lowest BCUT2D eigenvalue weighted by atomic mass is 10.1. The number of carbonyl (C=O) groups is 1. The Labute approximate surface area is 181 Å². The van der Waals surface area contributed by atoms with Crippen molar-refractivity contribution in [3.8, 4) is 5.69 Å². The average molecular weight is 453 g/mol. The summed E-state index contributed by atoms with van der Waals surface area (Å²) in [6.07, 6.45) is 0.836. The molecule has 0 bridgehead atoms. The number of carbonyl (C=O) groups excluding carboxylic acids is 1. The molecule has 31 heavy (non-hydrogen) atoms. The maximum Gasteiger partial charge on any atom is 0.419 e. The molecule has 0 saturated heterocycles. The van der Waals surface area contributed by atoms with Gasteiger partial charge in [0.25, 0.3) is 5.91 Å². The van der Waals surface area contributed by atoms with Crippen LogP contribution >= 0.6 is 11.6 Å². The van der Waals surface area contributed by atoms with Gasteiger partial charge in [-0.15, -0.1) is 4.80 Å². The van der Waals surface area contributed by atoms with Crippen LogP contribution in [-0.2, 0) is 12.6 Å². The highest BCUT2D eigenvalue weighted by molar-refractivity contribution is 6.33. The molecule has 3 rings (SSSR count). The molecule has 2 heterocycles. The number of nitrogens with zero attached hydrogens (tertiary/aromatic N) is 6. The first-order valence-corrected chi connectivity index (χ1v) is 9.94. The van der Waals surface area contributed by atoms with Crippen LogP contribution in [0.1, 0.15) is 42.0 Å². The molecule has 7 nitrogen and oxygen atoms in total. The van der Waals surface area contributed by atoms with Crippen molar-refractivity contribution >= 4 is 17.5 Å². The van der Waals surface area contributed by atoms with Gasteiger partial charge in [-0.2, -0.15) is 23.4 Å². The predicted molar refractivity (Wildman–Crippen MR) is 108 cm³/mol. The first-order valence-electron chi connectivity index (χ1n) is 9.56. The van der Waals surface area contributed by atoms with E-state index in [1.54, 1.807) is 23.1 Å². The van der Waals surface area contributed by atoms with Crippen LogP contribution in [0, 0.1) is 0 Å². The second-order valence-electron chi connectivity index (χ2n) is 6.82. The Bertz CT molecular complexity index is 1020. The van der Waals surface area contributed by atoms with Crippen molar-refractivity contribution in [2.45, 2.75) is 38.9 Å². The van der Waals surface area contributed by atoms with Crippen LogP contribution in [0.15, 0.2) is 43.0 Å². The fourth-order valence-electron chi connectivity index (χ4n) is 3.16. The number of para-hydroxylation sites is 1. The molecule has 11 heteroatoms. The van der Waals surface area contributed by atoms with Crippen LogP contribution in [0.25, 0.3) is 5.69 Å². The van der Waals surface area contributed by atoms with Crippen LogP contribution in [0.3, 0.4) is 0 Å². The van der Waals surface area contributed by atoms with Crippen molar-refractivity contribution in [2.75, 3.05) is 6.54 Å². The van der Waals surface area contributed by atoms with Crippen molar-refractivity contribution in [1.82, 2.24) is 29.9 Å². The average Bonchev–Trinajstić information content (AvgIpc) is 3.26. The van der Waals surface area contributed by atoms with Gasteiger partial charge in [0.15, 0.2) is 0 Å². The normalized spacial score (nSPS) is 12.6. The second-order valence-corrected chi connectivity index (χ2v) is 7.23. The van der Waals surface area contributed by atoms with Gasteiger partial charge in [-0.3, -0.25) is 4.79 Å². The Hall–Kier alpha value is -3.01. The van der Waals surface area contributed by atoms with Gasteiger partial charge in [0, 0.05) is 31.4 Å². The van der Waals surface area contributed by atoms with Gasteiger partial charge < -0.3 is 4.90 Å². The van der Waals surface area contributed by atoms with E-state index in [-0.39, 0.29) is 17.8 Å². The van der Waals surface area contributed by atoms with E-state index in [1.165, 1.54) is 17.2 Å². The molecule has 0 aliphatic carbocycles. The van der Waals surface area contributed by atoms with Crippen LogP contribution in [-0.4, -0.2) is 48.4 Å². The number of benzene rings is 1. The van der Waals surface area contributed by atoms with Crippen LogP contribution < -0.4 is 0 Å². The standard InChI is InChI=1S/C20H20ClF3N6O/c1-3-29(13(2)7-8-17-25-11-14(12-26-17)20(22,23)24)19(31)15-5-4-6-16(21)18(15)30-27-9-10-28-30/h4-6,9-13H,3,7-8H2,1-2H3/t13-/m0/s1. The minimum Gasteiger partial charge on any atom is -0.336 e. The summed E-state index contributed by atoms with van der Waals surface area (Å²) in [7, 11) is 0. The third kappa shape index (κ3) is 5.19. The Morgan fingerprint density at radius 2 is 1.84 bits per heavy atom. The summed E-state index contributed by atoms with van der Waals surface area (Å²) >= 11 is 6.31. The van der Waals surface area contributed by atoms with Gasteiger partial charge >= 0.3 is 6.18 Å². The molecule has 3 aromatic rings. The van der Waals surface area contributed by atoms with Gasteiger partial charge in [0.2, 0.25) is 0 Å². The van der Waals surface area contributed by atoms with E-state index >= 15 is 0 Å². The highest BCUT2D eigenvalue weighted by Gasteiger charge is 2.31. The quantitative estimate of drug-likeness (QED) is 0.536. The molecule has 1 amide bonds. The topological polar surface area (TPSA) is 76.8 Å². The zero-order valence-corrected chi connectivity index (χ0v) is 17.6. The summed E-state index contributed by atoms with van der Waals surface area (Å²) < 4.78 is 38.0. The summed E-state index contributed by atoms with van der Waals surface area (Å²) in [6.45, 7) is 4.13. The Morgan fingerprint density at radius 3 is 2.42 bits per heavy atom. The molecular formula is C20H20ClF3N6O. The fraction of sp³-hybridized carbons (Fsp3) is 0.350. The lowest BCUT2D eigenvalue weighted by molar-refractivity contribution is -0.138. The van der Waals surface area contributed by atoms with Crippen LogP contribution in [0.5, 0.6) is 0 Å². The van der Waals surface area contributed by atoms with Crippen molar-refractivity contribution in [2.24, 2.45) is 0 Å². The molecule has 2 aromatic heterocycles. The van der Waals surface area contributed by atoms with Crippen LogP contribution in [0.4, 0.5) is 13.2 Å². The number of alkyl halides is 3. The summed E-state index contributed by atoms with van der Waals surface area (Å²) in [5, 5.41) is 8.49. The van der Waals surface area contributed by atoms with E-state index in [2.05, 4.69) is 20.2 Å². The summed E-state index contributed by atoms with van der Waals surface area (Å²) in [5.41, 5.74) is -0.158. The largest absolute Gasteiger partial charge is 0.419 e. The Balaban J connectivity index is 1.75. The van der Waals surface area contributed by atoms with Gasteiger partial charge in [-0.1, -0.05) is 17.7 Å². The molecule has 0 N–H and O–H groups in total. The number of aryl methyl sites for hydroxylation is 1. The molecule has 0 saturated carbocycles. The van der Waals surface area contributed by atoms with Gasteiger partial charge in [-0.05, 0) is 32.4 Å². The molecule has 1 aromatic carbocycles. The zero-order chi connectivity index (χ0) is 22.6. The third-order valence-corrected chi connectivity index (χ3v) is 5.09. The van der Waals surface area contributed by atoms with E-state index in [1.807, 2.05) is 13.8 Å². The highest BCUT2D eigenvalue weighted by Crippen LogP contribution is 2.28. The molecule has 1 atom stereocenters. The first-order chi connectivity index (χ1) is 14.7. The molecule has 0 fully saturated rings. The number of hydrogen-bond acceptors (Lipinski definition) is 5. The molecule has 0 aliphatic rings. The number of rotatable bonds is 7. The Morgan fingerprint density at radius 1 is 1.19 bits per heavy atom. The molecule has 164 valence electrons. The monoisotopic (exact) mass is 452 g/mol. The van der Waals surface area contributed by atoms with E-state index < -0.39 is 11.7 Å². The molecule has 0 aliphatic heterocycles. The lowest BCUT2D eigenvalue weighted by Crippen LogP contribution is -2.39. The maximum absolute atomic E-state index is 13.3. The fourth-order valence-corrected chi connectivity index (χ4v) is 3.41. The predicted octanol–water partition coefficient (Wildman–Crippen LogP) is 4.21. The van der Waals surface area contributed by atoms with Gasteiger partial charge in [-0.25, -0.2) is 9.97 Å². The van der Waals surface area contributed by atoms with Gasteiger partial charge in [0.1, 0.15) is 11.5 Å². The highest BCUT2D eigenvalue weighted by atomic mass is 35.5. The molecule has 0 unspecified atom stereocenters. The number of aromatic nitrogens is 5. The minimum atomic E-state index is -4.48. The Kier molecular flexibility index (Phi) is 6.89. The number of amides is 1. The minimum absolute atomic E-state index is 0.221. The van der Waals surface area contributed by atoms with E-state index in [4.69, 9.17) is 11.6 Å². The van der Waals surface area contributed by atoms with Crippen molar-refractivity contribution < 1.29 is 18.0 Å². The number of hydrogen-bond donors (Lipinski definition) is 0. The SMILES string of the molecule is CCN(C(=O)c1cccc(Cl)c1-n1nccn1)[C@@H](C)CCc1ncc(C(F)(F)F)cn1. The molecular weight excluding hydrogens is 433 g/mol. The van der Waals surface area contributed by atoms with Crippen molar-refractivity contribution in [1.29, 1.82) is 0 Å². The maximum atomic E-state index is 13.3. The second kappa shape index (κ2) is 9.42. The van der Waals surface area contributed by atoms with Gasteiger partial charge in [0.05, 0.1) is 28.5 Å². The summed E-state index contributed by atoms with van der Waals surface area (Å²) in [5.74, 6) is 0.0330. The van der Waals surface area contributed by atoms with Crippen molar-refractivity contribution in [3.05, 3.63) is 65.0 Å². The molecule has 0 spiro atoms. The first kappa shape index (κ1) is 22.7. The zero-order valence-electron chi connectivity index (χ0n) is 16.8.